The summed E-state index contributed by atoms with van der Waals surface area (Å²) in [6, 6.07) is 1.27. The molecule has 2 bridgehead atoms. The zero-order valence-electron chi connectivity index (χ0n) is 13.0. The molecule has 2 amide bonds. The van der Waals surface area contributed by atoms with E-state index < -0.39 is 0 Å². The van der Waals surface area contributed by atoms with Gasteiger partial charge >= 0.3 is 0 Å². The van der Waals surface area contributed by atoms with E-state index in [1.54, 1.807) is 0 Å². The van der Waals surface area contributed by atoms with Gasteiger partial charge in [0, 0.05) is 37.5 Å². The van der Waals surface area contributed by atoms with E-state index >= 15 is 0 Å². The summed E-state index contributed by atoms with van der Waals surface area (Å²) in [6.45, 7) is 4.76. The predicted molar refractivity (Wildman–Crippen MR) is 85.4 cm³/mol. The lowest BCUT2D eigenvalue weighted by Crippen LogP contribution is -2.41. The molecule has 0 aliphatic carbocycles. The zero-order valence-corrected chi connectivity index (χ0v) is 13.8. The van der Waals surface area contributed by atoms with Crippen LogP contribution in [0.5, 0.6) is 0 Å². The van der Waals surface area contributed by atoms with Gasteiger partial charge in [-0.2, -0.15) is 0 Å². The molecule has 2 heterocycles. The Balaban J connectivity index is 0.00000220. The monoisotopic (exact) mass is 317 g/mol. The van der Waals surface area contributed by atoms with E-state index in [4.69, 9.17) is 0 Å². The molecule has 122 valence electrons. The van der Waals surface area contributed by atoms with Crippen molar-refractivity contribution in [2.24, 2.45) is 11.8 Å². The lowest BCUT2D eigenvalue weighted by molar-refractivity contribution is -0.125. The first kappa shape index (κ1) is 18.2. The van der Waals surface area contributed by atoms with Gasteiger partial charge in [0.25, 0.3) is 0 Å². The first-order valence-corrected chi connectivity index (χ1v) is 7.85. The summed E-state index contributed by atoms with van der Waals surface area (Å²) in [4.78, 5) is 23.2. The zero-order chi connectivity index (χ0) is 14.5. The summed E-state index contributed by atoms with van der Waals surface area (Å²) in [5.41, 5.74) is 0. The average molecular weight is 318 g/mol. The quantitative estimate of drug-likeness (QED) is 0.645. The van der Waals surface area contributed by atoms with E-state index in [1.807, 2.05) is 13.8 Å². The van der Waals surface area contributed by atoms with E-state index in [2.05, 4.69) is 16.0 Å². The van der Waals surface area contributed by atoms with Crippen molar-refractivity contribution in [2.75, 3.05) is 13.1 Å². The Morgan fingerprint density at radius 1 is 1.10 bits per heavy atom. The van der Waals surface area contributed by atoms with Gasteiger partial charge in [0.15, 0.2) is 0 Å². The van der Waals surface area contributed by atoms with Gasteiger partial charge in [0.2, 0.25) is 11.8 Å². The van der Waals surface area contributed by atoms with Crippen LogP contribution < -0.4 is 16.0 Å². The minimum absolute atomic E-state index is 0. The number of hydrogen-bond donors (Lipinski definition) is 3. The number of carbonyl (C=O) groups is 2. The molecular weight excluding hydrogens is 290 g/mol. The third kappa shape index (κ3) is 5.83. The summed E-state index contributed by atoms with van der Waals surface area (Å²) in [6.07, 6.45) is 5.43. The second-order valence-corrected chi connectivity index (χ2v) is 6.48. The van der Waals surface area contributed by atoms with Gasteiger partial charge < -0.3 is 16.0 Å². The molecule has 2 aliphatic heterocycles. The molecule has 21 heavy (non-hydrogen) atoms. The van der Waals surface area contributed by atoms with Gasteiger partial charge in [-0.15, -0.1) is 12.4 Å². The lowest BCUT2D eigenvalue weighted by Gasteiger charge is -2.28. The van der Waals surface area contributed by atoms with Crippen LogP contribution in [0.25, 0.3) is 0 Å². The number of rotatable bonds is 6. The van der Waals surface area contributed by atoms with Crippen molar-refractivity contribution in [3.63, 3.8) is 0 Å². The van der Waals surface area contributed by atoms with Crippen LogP contribution in [0.15, 0.2) is 0 Å². The molecular formula is C15H28ClN3O2. The van der Waals surface area contributed by atoms with Gasteiger partial charge in [-0.25, -0.2) is 0 Å². The van der Waals surface area contributed by atoms with Crippen LogP contribution in [0.4, 0.5) is 0 Å². The Bertz CT molecular complexity index is 351. The molecule has 0 aromatic rings. The molecule has 0 saturated carbocycles. The number of hydrogen-bond acceptors (Lipinski definition) is 3. The van der Waals surface area contributed by atoms with Gasteiger partial charge in [-0.05, 0) is 31.6 Å². The predicted octanol–water partition coefficient (Wildman–Crippen LogP) is 1.22. The molecule has 2 rings (SSSR count). The molecule has 2 fully saturated rings. The highest BCUT2D eigenvalue weighted by Gasteiger charge is 2.33. The van der Waals surface area contributed by atoms with Crippen LogP contribution in [0.3, 0.4) is 0 Å². The van der Waals surface area contributed by atoms with Crippen molar-refractivity contribution in [1.29, 1.82) is 0 Å². The molecule has 0 aromatic carbocycles. The third-order valence-corrected chi connectivity index (χ3v) is 4.32. The molecule has 2 unspecified atom stereocenters. The van der Waals surface area contributed by atoms with Crippen molar-refractivity contribution in [3.05, 3.63) is 0 Å². The maximum Gasteiger partial charge on any atom is 0.222 e. The number of amides is 2. The minimum atomic E-state index is -0.00378. The summed E-state index contributed by atoms with van der Waals surface area (Å²) < 4.78 is 0. The standard InChI is InChI=1S/C15H27N3O2.ClH/c1-10(2)15(20)17-6-5-16-14(19)9-11-7-12-3-4-13(8-11)18-12;/h10-13,18H,3-9H2,1-2H3,(H,16,19)(H,17,20);1H. The van der Waals surface area contributed by atoms with Crippen LogP contribution in [0.1, 0.15) is 46.0 Å². The lowest BCUT2D eigenvalue weighted by atomic mass is 9.89. The number of piperidine rings is 1. The first-order chi connectivity index (χ1) is 9.54. The fraction of sp³-hybridized carbons (Fsp3) is 0.867. The summed E-state index contributed by atoms with van der Waals surface area (Å²) in [5, 5.41) is 9.29. The van der Waals surface area contributed by atoms with Gasteiger partial charge in [-0.3, -0.25) is 9.59 Å². The Hall–Kier alpha value is -0.810. The fourth-order valence-corrected chi connectivity index (χ4v) is 3.27. The summed E-state index contributed by atoms with van der Waals surface area (Å²) in [5.74, 6) is 0.680. The third-order valence-electron chi connectivity index (χ3n) is 4.32. The highest BCUT2D eigenvalue weighted by Crippen LogP contribution is 2.32. The topological polar surface area (TPSA) is 70.2 Å². The van der Waals surface area contributed by atoms with Crippen molar-refractivity contribution in [3.8, 4) is 0 Å². The maximum atomic E-state index is 11.9. The van der Waals surface area contributed by atoms with Crippen molar-refractivity contribution >= 4 is 24.2 Å². The summed E-state index contributed by atoms with van der Waals surface area (Å²) in [7, 11) is 0. The Morgan fingerprint density at radius 3 is 2.24 bits per heavy atom. The molecule has 0 aromatic heterocycles. The van der Waals surface area contributed by atoms with Crippen molar-refractivity contribution < 1.29 is 9.59 Å². The Labute approximate surface area is 133 Å². The number of halogens is 1. The molecule has 6 heteroatoms. The Kier molecular flexibility index (Phi) is 7.46. The minimum Gasteiger partial charge on any atom is -0.354 e. The van der Waals surface area contributed by atoms with E-state index in [0.717, 1.165) is 12.8 Å². The SMILES string of the molecule is CC(C)C(=O)NCCNC(=O)CC1CC2CCC(C1)N2.Cl. The van der Waals surface area contributed by atoms with Gasteiger partial charge in [0.1, 0.15) is 0 Å². The molecule has 2 saturated heterocycles. The highest BCUT2D eigenvalue weighted by molar-refractivity contribution is 5.85. The first-order valence-electron chi connectivity index (χ1n) is 7.85. The largest absolute Gasteiger partial charge is 0.354 e. The second kappa shape index (κ2) is 8.59. The average Bonchev–Trinajstić information content (AvgIpc) is 2.73. The number of carbonyl (C=O) groups excluding carboxylic acids is 2. The van der Waals surface area contributed by atoms with Gasteiger partial charge in [-0.1, -0.05) is 13.8 Å². The second-order valence-electron chi connectivity index (χ2n) is 6.48. The van der Waals surface area contributed by atoms with Crippen molar-refractivity contribution in [2.45, 2.75) is 58.0 Å². The normalized spacial score (nSPS) is 27.1. The number of fused-ring (bicyclic) bond motifs is 2. The van der Waals surface area contributed by atoms with E-state index in [-0.39, 0.29) is 30.1 Å². The molecule has 5 nitrogen and oxygen atoms in total. The van der Waals surface area contributed by atoms with E-state index in [0.29, 0.717) is 37.5 Å². The number of nitrogens with one attached hydrogen (secondary N) is 3. The highest BCUT2D eigenvalue weighted by atomic mass is 35.5. The van der Waals surface area contributed by atoms with Crippen LogP contribution in [0.2, 0.25) is 0 Å². The van der Waals surface area contributed by atoms with E-state index in [9.17, 15) is 9.59 Å². The van der Waals surface area contributed by atoms with Crippen LogP contribution in [-0.4, -0.2) is 37.0 Å². The molecule has 0 radical (unpaired) electrons. The molecule has 2 atom stereocenters. The molecule has 3 N–H and O–H groups in total. The van der Waals surface area contributed by atoms with E-state index in [1.165, 1.54) is 12.8 Å². The van der Waals surface area contributed by atoms with Crippen molar-refractivity contribution in [1.82, 2.24) is 16.0 Å². The Morgan fingerprint density at radius 2 is 1.67 bits per heavy atom. The van der Waals surface area contributed by atoms with Crippen LogP contribution in [-0.2, 0) is 9.59 Å². The maximum absolute atomic E-state index is 11.9. The van der Waals surface area contributed by atoms with Crippen LogP contribution in [0, 0.1) is 11.8 Å². The molecule has 0 spiro atoms. The van der Waals surface area contributed by atoms with Gasteiger partial charge in [0.05, 0.1) is 0 Å². The van der Waals surface area contributed by atoms with Crippen LogP contribution >= 0.6 is 12.4 Å². The molecule has 2 aliphatic rings. The summed E-state index contributed by atoms with van der Waals surface area (Å²) >= 11 is 0. The fourth-order valence-electron chi connectivity index (χ4n) is 3.27. The smallest absolute Gasteiger partial charge is 0.222 e.